The van der Waals surface area contributed by atoms with Crippen LogP contribution in [0.2, 0.25) is 0 Å². The van der Waals surface area contributed by atoms with Gasteiger partial charge in [-0.25, -0.2) is 9.78 Å². The largest absolute Gasteiger partial charge is 0.477 e. The quantitative estimate of drug-likeness (QED) is 0.856. The van der Waals surface area contributed by atoms with Crippen LogP contribution in [0.1, 0.15) is 27.9 Å². The van der Waals surface area contributed by atoms with Gasteiger partial charge in [0, 0.05) is 13.6 Å². The molecule has 0 spiro atoms. The third-order valence-electron chi connectivity index (χ3n) is 2.30. The summed E-state index contributed by atoms with van der Waals surface area (Å²) in [7, 11) is 1.55. The molecule has 6 nitrogen and oxygen atoms in total. The van der Waals surface area contributed by atoms with Gasteiger partial charge in [0.05, 0.1) is 12.0 Å². The molecule has 1 aromatic heterocycles. The Kier molecular flexibility index (Phi) is 4.38. The number of aromatic carboxylic acids is 1. The summed E-state index contributed by atoms with van der Waals surface area (Å²) < 4.78 is 0. The predicted octanol–water partition coefficient (Wildman–Crippen LogP) is 1.01. The highest BCUT2D eigenvalue weighted by molar-refractivity contribution is 5.94. The number of nitriles is 1. The molecule has 94 valence electrons. The van der Waals surface area contributed by atoms with Crippen LogP contribution in [-0.2, 0) is 0 Å². The number of pyridine rings is 1. The van der Waals surface area contributed by atoms with E-state index in [0.29, 0.717) is 0 Å². The van der Waals surface area contributed by atoms with Crippen LogP contribution in [0, 0.1) is 17.2 Å². The van der Waals surface area contributed by atoms with E-state index in [1.165, 1.54) is 23.1 Å². The van der Waals surface area contributed by atoms with Gasteiger partial charge in [0.25, 0.3) is 5.91 Å². The van der Waals surface area contributed by atoms with Gasteiger partial charge in [0.15, 0.2) is 0 Å². The molecular formula is C12H13N3O3. The van der Waals surface area contributed by atoms with E-state index in [2.05, 4.69) is 4.98 Å². The summed E-state index contributed by atoms with van der Waals surface area (Å²) in [6.07, 6.45) is 0. The zero-order chi connectivity index (χ0) is 13.7. The molecule has 6 heteroatoms. The number of carboxylic acids is 1. The molecular weight excluding hydrogens is 234 g/mol. The van der Waals surface area contributed by atoms with E-state index in [1.54, 1.807) is 14.0 Å². The van der Waals surface area contributed by atoms with Crippen LogP contribution in [0.3, 0.4) is 0 Å². The molecule has 1 rings (SSSR count). The van der Waals surface area contributed by atoms with Crippen LogP contribution in [0.5, 0.6) is 0 Å². The smallest absolute Gasteiger partial charge is 0.354 e. The highest BCUT2D eigenvalue weighted by Crippen LogP contribution is 2.05. The minimum Gasteiger partial charge on any atom is -0.477 e. The van der Waals surface area contributed by atoms with Crippen molar-refractivity contribution in [3.05, 3.63) is 29.6 Å². The van der Waals surface area contributed by atoms with Crippen molar-refractivity contribution in [1.29, 1.82) is 5.26 Å². The summed E-state index contributed by atoms with van der Waals surface area (Å²) in [5, 5.41) is 17.5. The topological polar surface area (TPSA) is 94.3 Å². The predicted molar refractivity (Wildman–Crippen MR) is 62.9 cm³/mol. The number of hydrogen-bond acceptors (Lipinski definition) is 4. The van der Waals surface area contributed by atoms with E-state index in [4.69, 9.17) is 10.4 Å². The van der Waals surface area contributed by atoms with E-state index in [-0.39, 0.29) is 23.9 Å². The van der Waals surface area contributed by atoms with Crippen molar-refractivity contribution in [2.45, 2.75) is 6.92 Å². The molecule has 0 saturated heterocycles. The number of carbonyl (C=O) groups excluding carboxylic acids is 1. The van der Waals surface area contributed by atoms with Crippen molar-refractivity contribution < 1.29 is 14.7 Å². The molecule has 1 atom stereocenters. The number of carboxylic acid groups (broad SMARTS) is 1. The van der Waals surface area contributed by atoms with Crippen LogP contribution < -0.4 is 0 Å². The Morgan fingerprint density at radius 3 is 2.67 bits per heavy atom. The SMILES string of the molecule is CC(C#N)CN(C)C(=O)c1cccc(C(=O)O)n1. The van der Waals surface area contributed by atoms with Crippen LogP contribution in [0.4, 0.5) is 0 Å². The van der Waals surface area contributed by atoms with Crippen molar-refractivity contribution in [1.82, 2.24) is 9.88 Å². The van der Waals surface area contributed by atoms with Gasteiger partial charge in [-0.3, -0.25) is 4.79 Å². The Labute approximate surface area is 104 Å². The van der Waals surface area contributed by atoms with Crippen LogP contribution in [-0.4, -0.2) is 40.5 Å². The Morgan fingerprint density at radius 1 is 1.50 bits per heavy atom. The summed E-state index contributed by atoms with van der Waals surface area (Å²) in [6.45, 7) is 1.97. The minimum atomic E-state index is -1.18. The van der Waals surface area contributed by atoms with Gasteiger partial charge < -0.3 is 10.0 Å². The van der Waals surface area contributed by atoms with Gasteiger partial charge in [-0.15, -0.1) is 0 Å². The van der Waals surface area contributed by atoms with E-state index in [0.717, 1.165) is 0 Å². The zero-order valence-electron chi connectivity index (χ0n) is 10.1. The maximum Gasteiger partial charge on any atom is 0.354 e. The third kappa shape index (κ3) is 3.28. The number of rotatable bonds is 4. The fourth-order valence-corrected chi connectivity index (χ4v) is 1.40. The van der Waals surface area contributed by atoms with E-state index < -0.39 is 11.9 Å². The lowest BCUT2D eigenvalue weighted by molar-refractivity contribution is 0.0690. The zero-order valence-corrected chi connectivity index (χ0v) is 10.1. The first-order chi connectivity index (χ1) is 8.45. The van der Waals surface area contributed by atoms with E-state index >= 15 is 0 Å². The van der Waals surface area contributed by atoms with Gasteiger partial charge in [0.2, 0.25) is 0 Å². The normalized spacial score (nSPS) is 11.4. The maximum absolute atomic E-state index is 11.9. The number of hydrogen-bond donors (Lipinski definition) is 1. The first-order valence-corrected chi connectivity index (χ1v) is 5.31. The lowest BCUT2D eigenvalue weighted by atomic mass is 10.2. The third-order valence-corrected chi connectivity index (χ3v) is 2.30. The fourth-order valence-electron chi connectivity index (χ4n) is 1.40. The Hall–Kier alpha value is -2.42. The number of amides is 1. The Balaban J connectivity index is 2.87. The molecule has 0 aliphatic carbocycles. The second-order valence-electron chi connectivity index (χ2n) is 3.93. The summed E-state index contributed by atoms with van der Waals surface area (Å²) in [4.78, 5) is 27.8. The van der Waals surface area contributed by atoms with E-state index in [1.807, 2.05) is 6.07 Å². The number of nitrogens with zero attached hydrogens (tertiary/aromatic N) is 3. The summed E-state index contributed by atoms with van der Waals surface area (Å²) in [5.74, 6) is -1.88. The number of carbonyl (C=O) groups is 2. The average Bonchev–Trinajstić information content (AvgIpc) is 2.37. The molecule has 1 amide bonds. The molecule has 1 aromatic rings. The Morgan fingerprint density at radius 2 is 2.11 bits per heavy atom. The van der Waals surface area contributed by atoms with Gasteiger partial charge in [-0.05, 0) is 19.1 Å². The van der Waals surface area contributed by atoms with E-state index in [9.17, 15) is 9.59 Å². The average molecular weight is 247 g/mol. The van der Waals surface area contributed by atoms with Gasteiger partial charge in [-0.1, -0.05) is 6.07 Å². The molecule has 0 saturated carbocycles. The van der Waals surface area contributed by atoms with Gasteiger partial charge in [0.1, 0.15) is 11.4 Å². The molecule has 0 aliphatic heterocycles. The lowest BCUT2D eigenvalue weighted by Gasteiger charge is -2.17. The monoisotopic (exact) mass is 247 g/mol. The summed E-state index contributed by atoms with van der Waals surface area (Å²) >= 11 is 0. The van der Waals surface area contributed by atoms with Crippen LogP contribution in [0.25, 0.3) is 0 Å². The maximum atomic E-state index is 11.9. The van der Waals surface area contributed by atoms with Crippen molar-refractivity contribution >= 4 is 11.9 Å². The molecule has 1 N–H and O–H groups in total. The number of aromatic nitrogens is 1. The minimum absolute atomic E-state index is 0.0579. The first-order valence-electron chi connectivity index (χ1n) is 5.31. The van der Waals surface area contributed by atoms with Gasteiger partial charge in [-0.2, -0.15) is 5.26 Å². The molecule has 1 unspecified atom stereocenters. The standard InChI is InChI=1S/C12H13N3O3/c1-8(6-13)7-15(2)11(16)9-4-3-5-10(14-9)12(17)18/h3-5,8H,7H2,1-2H3,(H,17,18). The fraction of sp³-hybridized carbons (Fsp3) is 0.333. The second-order valence-corrected chi connectivity index (χ2v) is 3.93. The molecule has 0 aromatic carbocycles. The molecule has 0 bridgehead atoms. The van der Waals surface area contributed by atoms with Crippen molar-refractivity contribution in [3.8, 4) is 6.07 Å². The highest BCUT2D eigenvalue weighted by atomic mass is 16.4. The highest BCUT2D eigenvalue weighted by Gasteiger charge is 2.16. The molecule has 0 radical (unpaired) electrons. The molecule has 0 fully saturated rings. The molecule has 1 heterocycles. The lowest BCUT2D eigenvalue weighted by Crippen LogP contribution is -2.31. The van der Waals surface area contributed by atoms with Crippen molar-refractivity contribution in [2.75, 3.05) is 13.6 Å². The summed E-state index contributed by atoms with van der Waals surface area (Å²) in [6, 6.07) is 6.25. The molecule has 0 aliphatic rings. The van der Waals surface area contributed by atoms with Crippen LogP contribution in [0.15, 0.2) is 18.2 Å². The second kappa shape index (κ2) is 5.77. The Bertz CT molecular complexity index is 508. The first kappa shape index (κ1) is 13.6. The van der Waals surface area contributed by atoms with Crippen LogP contribution >= 0.6 is 0 Å². The molecule has 18 heavy (non-hydrogen) atoms. The van der Waals surface area contributed by atoms with Crippen molar-refractivity contribution in [2.24, 2.45) is 5.92 Å². The van der Waals surface area contributed by atoms with Gasteiger partial charge >= 0.3 is 5.97 Å². The van der Waals surface area contributed by atoms with Crippen molar-refractivity contribution in [3.63, 3.8) is 0 Å². The summed E-state index contributed by atoms with van der Waals surface area (Å²) in [5.41, 5.74) is -0.120.